The summed E-state index contributed by atoms with van der Waals surface area (Å²) < 4.78 is 11.4. The van der Waals surface area contributed by atoms with Gasteiger partial charge in [0.15, 0.2) is 0 Å². The average molecular weight is 683 g/mol. The zero-order valence-electron chi connectivity index (χ0n) is 30.9. The normalized spacial score (nSPS) is 15.9. The zero-order valence-corrected chi connectivity index (χ0v) is 30.9. The number of fused-ring (bicyclic) bond motifs is 8. The molecule has 50 heavy (non-hydrogen) atoms. The Bertz CT molecular complexity index is 1920. The van der Waals surface area contributed by atoms with Gasteiger partial charge in [0.25, 0.3) is 6.47 Å². The van der Waals surface area contributed by atoms with Crippen molar-refractivity contribution in [3.63, 3.8) is 0 Å². The molecule has 9 heteroatoms. The van der Waals surface area contributed by atoms with E-state index in [1.54, 1.807) is 0 Å². The van der Waals surface area contributed by atoms with Gasteiger partial charge in [-0.05, 0) is 93.0 Å². The number of allylic oxidation sites excluding steroid dienone is 2. The Morgan fingerprint density at radius 1 is 0.860 bits per heavy atom. The molecule has 0 radical (unpaired) electrons. The number of carboxylic acid groups (broad SMARTS) is 1. The van der Waals surface area contributed by atoms with E-state index in [0.717, 1.165) is 81.1 Å². The molecule has 2 aliphatic heterocycles. The summed E-state index contributed by atoms with van der Waals surface area (Å²) in [5.74, 6) is -1.07. The maximum Gasteiger partial charge on any atom is 0.338 e. The van der Waals surface area contributed by atoms with E-state index in [1.807, 2.05) is 19.9 Å². The van der Waals surface area contributed by atoms with Crippen LogP contribution in [-0.4, -0.2) is 50.7 Å². The monoisotopic (exact) mass is 682 g/mol. The van der Waals surface area contributed by atoms with Crippen LogP contribution in [-0.2, 0) is 20.9 Å². The molecule has 268 valence electrons. The number of aromatic amines is 2. The Kier molecular flexibility index (Phi) is 12.3. The number of H-pyrrole nitrogens is 2. The lowest BCUT2D eigenvalue weighted by Crippen LogP contribution is -2.08. The lowest BCUT2D eigenvalue weighted by molar-refractivity contribution is -0.128. The molecule has 3 aromatic rings. The van der Waals surface area contributed by atoms with Crippen molar-refractivity contribution in [3.05, 3.63) is 68.8 Å². The van der Waals surface area contributed by atoms with Crippen molar-refractivity contribution in [2.75, 3.05) is 13.2 Å². The first-order valence-corrected chi connectivity index (χ1v) is 18.4. The van der Waals surface area contributed by atoms with Crippen LogP contribution in [0.15, 0.2) is 18.2 Å². The number of rotatable bonds is 16. The third-order valence-corrected chi connectivity index (χ3v) is 10.7. The molecule has 0 fully saturated rings. The molecule has 0 amide bonds. The van der Waals surface area contributed by atoms with E-state index in [0.29, 0.717) is 36.1 Å². The Balaban J connectivity index is 1.70. The van der Waals surface area contributed by atoms with Crippen molar-refractivity contribution in [1.29, 1.82) is 0 Å². The van der Waals surface area contributed by atoms with E-state index < -0.39 is 5.97 Å². The summed E-state index contributed by atoms with van der Waals surface area (Å²) in [6.45, 7) is 16.4. The van der Waals surface area contributed by atoms with Gasteiger partial charge in [-0.25, -0.2) is 9.78 Å². The van der Waals surface area contributed by atoms with E-state index in [2.05, 4.69) is 56.7 Å². The van der Waals surface area contributed by atoms with Crippen LogP contribution < -0.4 is 0 Å². The van der Waals surface area contributed by atoms with Crippen LogP contribution in [0.25, 0.3) is 33.2 Å². The molecule has 3 aromatic heterocycles. The molecule has 3 N–H and O–H groups in total. The van der Waals surface area contributed by atoms with Gasteiger partial charge in [-0.1, -0.05) is 59.3 Å². The van der Waals surface area contributed by atoms with Crippen molar-refractivity contribution < 1.29 is 24.2 Å². The molecular weight excluding hydrogens is 628 g/mol. The number of ether oxygens (including phenoxy) is 2. The fraction of sp³-hybridized carbons (Fsp3) is 0.512. The minimum atomic E-state index is -0.999. The van der Waals surface area contributed by atoms with Crippen LogP contribution in [0.4, 0.5) is 0 Å². The van der Waals surface area contributed by atoms with E-state index in [-0.39, 0.29) is 24.0 Å². The van der Waals surface area contributed by atoms with Crippen molar-refractivity contribution in [2.24, 2.45) is 0 Å². The highest BCUT2D eigenvalue weighted by Crippen LogP contribution is 2.42. The molecule has 9 nitrogen and oxygen atoms in total. The Morgan fingerprint density at radius 2 is 1.56 bits per heavy atom. The number of aryl methyl sites for hydroxylation is 3. The van der Waals surface area contributed by atoms with Crippen molar-refractivity contribution >= 4 is 45.7 Å². The summed E-state index contributed by atoms with van der Waals surface area (Å²) in [6, 6.07) is 6.21. The van der Waals surface area contributed by atoms with E-state index in [4.69, 9.17) is 19.4 Å². The second-order valence-corrected chi connectivity index (χ2v) is 13.9. The molecule has 2 aliphatic rings. The number of aromatic nitrogens is 4. The molecule has 2 atom stereocenters. The largest absolute Gasteiger partial charge is 0.478 e. The quantitative estimate of drug-likeness (QED) is 0.101. The zero-order chi connectivity index (χ0) is 35.9. The van der Waals surface area contributed by atoms with E-state index in [1.165, 1.54) is 38.5 Å². The van der Waals surface area contributed by atoms with Gasteiger partial charge in [0.2, 0.25) is 0 Å². The molecule has 0 saturated heterocycles. The second-order valence-electron chi connectivity index (χ2n) is 13.9. The summed E-state index contributed by atoms with van der Waals surface area (Å²) in [5, 5.41) is 10.4. The van der Waals surface area contributed by atoms with Crippen molar-refractivity contribution in [1.82, 2.24) is 19.9 Å². The number of carbonyl (C=O) groups is 2. The van der Waals surface area contributed by atoms with Gasteiger partial charge in [-0.15, -0.1) is 0 Å². The lowest BCUT2D eigenvalue weighted by atomic mass is 9.87. The van der Waals surface area contributed by atoms with Gasteiger partial charge in [-0.2, -0.15) is 0 Å². The molecule has 0 aromatic carbocycles. The van der Waals surface area contributed by atoms with Crippen LogP contribution in [0.5, 0.6) is 0 Å². The number of nitrogens with one attached hydrogen (secondary N) is 2. The molecule has 8 bridgehead atoms. The van der Waals surface area contributed by atoms with Crippen LogP contribution >= 0.6 is 0 Å². The summed E-state index contributed by atoms with van der Waals surface area (Å²) in [5.41, 5.74) is 12.7. The summed E-state index contributed by atoms with van der Waals surface area (Å²) in [6.07, 6.45) is 10.0. The number of aromatic carboxylic acids is 1. The highest BCUT2D eigenvalue weighted by molar-refractivity contribution is 6.02. The van der Waals surface area contributed by atoms with Gasteiger partial charge in [0.05, 0.1) is 35.7 Å². The Labute approximate surface area is 296 Å². The molecule has 5 rings (SSSR count). The van der Waals surface area contributed by atoms with Crippen molar-refractivity contribution in [2.45, 2.75) is 125 Å². The molecule has 0 unspecified atom stereocenters. The summed E-state index contributed by atoms with van der Waals surface area (Å²) in [7, 11) is 0. The van der Waals surface area contributed by atoms with Gasteiger partial charge in [-0.3, -0.25) is 9.78 Å². The number of unbranched alkanes of at least 4 members (excludes halogenated alkanes) is 6. The van der Waals surface area contributed by atoms with Gasteiger partial charge in [0, 0.05) is 51.9 Å². The fourth-order valence-corrected chi connectivity index (χ4v) is 7.58. The van der Waals surface area contributed by atoms with Crippen LogP contribution in [0.3, 0.4) is 0 Å². The van der Waals surface area contributed by atoms with Crippen LogP contribution in [0.2, 0.25) is 0 Å². The number of hydrogen-bond donors (Lipinski definition) is 3. The van der Waals surface area contributed by atoms with Gasteiger partial charge >= 0.3 is 5.97 Å². The maximum absolute atomic E-state index is 12.7. The van der Waals surface area contributed by atoms with Crippen LogP contribution in [0.1, 0.15) is 153 Å². The predicted octanol–water partition coefficient (Wildman–Crippen LogP) is 10.00. The fourth-order valence-electron chi connectivity index (χ4n) is 7.58. The first-order valence-electron chi connectivity index (χ1n) is 18.4. The van der Waals surface area contributed by atoms with Crippen LogP contribution in [0, 0.1) is 20.8 Å². The van der Waals surface area contributed by atoms with Crippen molar-refractivity contribution in [3.8, 4) is 0 Å². The minimum absolute atomic E-state index is 0.00152. The first-order chi connectivity index (χ1) is 24.1. The Hall–Kier alpha value is -4.24. The lowest BCUT2D eigenvalue weighted by Gasteiger charge is -2.16. The Morgan fingerprint density at radius 3 is 2.26 bits per heavy atom. The highest BCUT2D eigenvalue weighted by Gasteiger charge is 2.31. The topological polar surface area (TPSA) is 130 Å². The highest BCUT2D eigenvalue weighted by atomic mass is 16.5. The molecule has 5 heterocycles. The van der Waals surface area contributed by atoms with Gasteiger partial charge < -0.3 is 24.5 Å². The third kappa shape index (κ3) is 7.73. The summed E-state index contributed by atoms with van der Waals surface area (Å²) >= 11 is 0. The number of carboxylic acids is 1. The number of nitrogens with zero attached hydrogens (tertiary/aromatic N) is 2. The molecule has 0 saturated carbocycles. The SMILES string of the molecule is CCCCCCCCCOCc1c(C)c2cc3nc(c(C)c4[nH]c(cc5nc(cc1[nH]2)C(C)=C5CC)c(C)c4C(=O)O)[C@@H](CCOC=O)[C@@H]3C. The molecule has 0 aliphatic carbocycles. The third-order valence-electron chi connectivity index (χ3n) is 10.7. The van der Waals surface area contributed by atoms with E-state index in [9.17, 15) is 14.7 Å². The number of carbonyl (C=O) groups excluding carboxylic acids is 1. The molecular formula is C41H54N4O5. The second kappa shape index (κ2) is 16.6. The average Bonchev–Trinajstić information content (AvgIpc) is 3.77. The maximum atomic E-state index is 12.7. The van der Waals surface area contributed by atoms with E-state index >= 15 is 0 Å². The smallest absolute Gasteiger partial charge is 0.338 e. The number of hydrogen-bond acceptors (Lipinski definition) is 6. The summed E-state index contributed by atoms with van der Waals surface area (Å²) in [4.78, 5) is 41.2. The van der Waals surface area contributed by atoms with Gasteiger partial charge in [0.1, 0.15) is 0 Å². The standard InChI is InChI=1S/C41H54N4O5/c1-8-10-11-12-13-14-15-17-49-22-31-26(5)32-19-34-25(4)30(16-18-50-23-46)39(44-34)28(7)40-38(41(47)48)27(6)35(45-40)21-36-29(9-2)24(3)33(42-36)20-37(31)43-32/h19-21,23,25,30,43,45H,8-18,22H2,1-7H3,(H,47,48)/t25-,30-/m0/s1. The first kappa shape index (κ1) is 37.0. The molecule has 0 spiro atoms. The minimum Gasteiger partial charge on any atom is -0.478 e. The predicted molar refractivity (Wildman–Crippen MR) is 200 cm³/mol.